The minimum atomic E-state index is -3.58. The van der Waals surface area contributed by atoms with E-state index >= 15 is 0 Å². The van der Waals surface area contributed by atoms with Crippen molar-refractivity contribution in [2.45, 2.75) is 11.8 Å². The fraction of sp³-hybridized carbons (Fsp3) is 0.182. The molecule has 0 aliphatic carbocycles. The number of para-hydroxylation sites is 1. The van der Waals surface area contributed by atoms with E-state index < -0.39 is 10.0 Å². The minimum absolute atomic E-state index is 0.199. The molecule has 0 saturated carbocycles. The number of benzene rings is 1. The van der Waals surface area contributed by atoms with E-state index in [4.69, 9.17) is 0 Å². The summed E-state index contributed by atoms with van der Waals surface area (Å²) in [5.74, 6) is 0. The van der Waals surface area contributed by atoms with Crippen LogP contribution in [-0.2, 0) is 17.1 Å². The summed E-state index contributed by atoms with van der Waals surface area (Å²) in [6.45, 7) is 1.67. The van der Waals surface area contributed by atoms with Crippen molar-refractivity contribution >= 4 is 38.3 Å². The Morgan fingerprint density at radius 2 is 2.00 bits per heavy atom. The highest BCUT2D eigenvalue weighted by Crippen LogP contribution is 2.22. The molecule has 0 radical (unpaired) electrons. The number of anilines is 1. The van der Waals surface area contributed by atoms with Crippen LogP contribution in [0, 0.1) is 10.5 Å². The molecule has 0 unspecified atom stereocenters. The van der Waals surface area contributed by atoms with E-state index in [1.165, 1.54) is 10.9 Å². The summed E-state index contributed by atoms with van der Waals surface area (Å²) in [5, 5.41) is 4.04. The number of nitrogens with zero attached hydrogens (tertiary/aromatic N) is 2. The maximum absolute atomic E-state index is 12.2. The maximum atomic E-state index is 12.2. The molecule has 0 fully saturated rings. The Morgan fingerprint density at radius 3 is 2.56 bits per heavy atom. The Labute approximate surface area is 119 Å². The first kappa shape index (κ1) is 13.3. The van der Waals surface area contributed by atoms with E-state index in [0.717, 1.165) is 3.57 Å². The molecule has 0 saturated heterocycles. The fourth-order valence-corrected chi connectivity index (χ4v) is 3.59. The zero-order chi connectivity index (χ0) is 13.3. The SMILES string of the molecule is Cc1nn(C)cc1S(=O)(=O)Nc1ccccc1I. The molecule has 1 aromatic carbocycles. The maximum Gasteiger partial charge on any atom is 0.265 e. The van der Waals surface area contributed by atoms with Gasteiger partial charge >= 0.3 is 0 Å². The normalized spacial score (nSPS) is 11.5. The van der Waals surface area contributed by atoms with Crippen LogP contribution in [0.15, 0.2) is 35.4 Å². The number of nitrogens with one attached hydrogen (secondary N) is 1. The molecule has 0 bridgehead atoms. The lowest BCUT2D eigenvalue weighted by Gasteiger charge is -2.08. The molecule has 7 heteroatoms. The Morgan fingerprint density at radius 1 is 1.33 bits per heavy atom. The lowest BCUT2D eigenvalue weighted by Crippen LogP contribution is -2.14. The van der Waals surface area contributed by atoms with Gasteiger partial charge in [-0.15, -0.1) is 0 Å². The van der Waals surface area contributed by atoms with Crippen LogP contribution in [0.5, 0.6) is 0 Å². The molecular weight excluding hydrogens is 365 g/mol. The second-order valence-electron chi connectivity index (χ2n) is 3.84. The van der Waals surface area contributed by atoms with Crippen LogP contribution in [0.3, 0.4) is 0 Å². The number of aromatic nitrogens is 2. The topological polar surface area (TPSA) is 64.0 Å². The van der Waals surface area contributed by atoms with Gasteiger partial charge in [-0.25, -0.2) is 8.42 Å². The van der Waals surface area contributed by atoms with Gasteiger partial charge in [0.2, 0.25) is 0 Å². The molecule has 0 aliphatic heterocycles. The average molecular weight is 377 g/mol. The molecule has 1 heterocycles. The summed E-state index contributed by atoms with van der Waals surface area (Å²) in [6, 6.07) is 7.21. The Bertz CT molecular complexity index is 679. The van der Waals surface area contributed by atoms with Crippen molar-refractivity contribution in [3.63, 3.8) is 0 Å². The summed E-state index contributed by atoms with van der Waals surface area (Å²) in [7, 11) is -1.89. The van der Waals surface area contributed by atoms with Crippen LogP contribution in [0.25, 0.3) is 0 Å². The van der Waals surface area contributed by atoms with Gasteiger partial charge in [0, 0.05) is 16.8 Å². The third kappa shape index (κ3) is 2.66. The predicted octanol–water partition coefficient (Wildman–Crippen LogP) is 2.13. The summed E-state index contributed by atoms with van der Waals surface area (Å²) in [6.07, 6.45) is 1.49. The second-order valence-corrected chi connectivity index (χ2v) is 6.65. The standard InChI is InChI=1S/C11H12IN3O2S/c1-8-11(7-15(2)13-8)18(16,17)14-10-6-4-3-5-9(10)12/h3-7,14H,1-2H3. The lowest BCUT2D eigenvalue weighted by molar-refractivity contribution is 0.600. The highest BCUT2D eigenvalue weighted by molar-refractivity contribution is 14.1. The molecule has 0 amide bonds. The molecule has 1 aromatic heterocycles. The van der Waals surface area contributed by atoms with E-state index in [-0.39, 0.29) is 4.90 Å². The van der Waals surface area contributed by atoms with Crippen molar-refractivity contribution in [2.24, 2.45) is 7.05 Å². The van der Waals surface area contributed by atoms with E-state index in [1.54, 1.807) is 26.1 Å². The first-order chi connectivity index (χ1) is 8.40. The number of aryl methyl sites for hydroxylation is 2. The average Bonchev–Trinajstić information content (AvgIpc) is 2.62. The molecule has 0 atom stereocenters. The van der Waals surface area contributed by atoms with Crippen LogP contribution in [-0.4, -0.2) is 18.2 Å². The van der Waals surface area contributed by atoms with Gasteiger partial charge in [-0.3, -0.25) is 9.40 Å². The Kier molecular flexibility index (Phi) is 3.62. The molecular formula is C11H12IN3O2S. The zero-order valence-electron chi connectivity index (χ0n) is 9.88. The van der Waals surface area contributed by atoms with Crippen LogP contribution in [0.2, 0.25) is 0 Å². The van der Waals surface area contributed by atoms with Gasteiger partial charge < -0.3 is 0 Å². The smallest absolute Gasteiger partial charge is 0.265 e. The van der Waals surface area contributed by atoms with Gasteiger partial charge in [0.25, 0.3) is 10.0 Å². The fourth-order valence-electron chi connectivity index (χ4n) is 1.59. The Balaban J connectivity index is 2.40. The molecule has 2 rings (SSSR count). The van der Waals surface area contributed by atoms with Crippen molar-refractivity contribution in [1.82, 2.24) is 9.78 Å². The summed E-state index contributed by atoms with van der Waals surface area (Å²) < 4.78 is 29.3. The minimum Gasteiger partial charge on any atom is -0.278 e. The summed E-state index contributed by atoms with van der Waals surface area (Å²) in [5.41, 5.74) is 1.05. The van der Waals surface area contributed by atoms with Crippen LogP contribution >= 0.6 is 22.6 Å². The van der Waals surface area contributed by atoms with E-state index in [2.05, 4.69) is 32.4 Å². The number of rotatable bonds is 3. The van der Waals surface area contributed by atoms with Crippen molar-refractivity contribution < 1.29 is 8.42 Å². The van der Waals surface area contributed by atoms with Crippen LogP contribution in [0.1, 0.15) is 5.69 Å². The number of sulfonamides is 1. The molecule has 18 heavy (non-hydrogen) atoms. The van der Waals surface area contributed by atoms with Gasteiger partial charge in [-0.05, 0) is 41.6 Å². The molecule has 0 spiro atoms. The zero-order valence-corrected chi connectivity index (χ0v) is 12.9. The van der Waals surface area contributed by atoms with Gasteiger partial charge in [-0.1, -0.05) is 12.1 Å². The highest BCUT2D eigenvalue weighted by atomic mass is 127. The van der Waals surface area contributed by atoms with Gasteiger partial charge in [-0.2, -0.15) is 5.10 Å². The third-order valence-corrected chi connectivity index (χ3v) is 4.79. The van der Waals surface area contributed by atoms with Crippen LogP contribution < -0.4 is 4.72 Å². The molecule has 0 aliphatic rings. The van der Waals surface area contributed by atoms with Crippen LogP contribution in [0.4, 0.5) is 5.69 Å². The van der Waals surface area contributed by atoms with E-state index in [0.29, 0.717) is 11.4 Å². The summed E-state index contributed by atoms with van der Waals surface area (Å²) in [4.78, 5) is 0.199. The molecule has 2 aromatic rings. The number of hydrogen-bond donors (Lipinski definition) is 1. The van der Waals surface area contributed by atoms with E-state index in [9.17, 15) is 8.42 Å². The van der Waals surface area contributed by atoms with Gasteiger partial charge in [0.1, 0.15) is 4.90 Å². The molecule has 96 valence electrons. The number of hydrogen-bond acceptors (Lipinski definition) is 3. The molecule has 1 N–H and O–H groups in total. The largest absolute Gasteiger partial charge is 0.278 e. The van der Waals surface area contributed by atoms with Crippen molar-refractivity contribution in [2.75, 3.05) is 4.72 Å². The van der Waals surface area contributed by atoms with Gasteiger partial charge in [0.05, 0.1) is 11.4 Å². The predicted molar refractivity (Wildman–Crippen MR) is 77.9 cm³/mol. The number of halogens is 1. The van der Waals surface area contributed by atoms with Crippen molar-refractivity contribution in [1.29, 1.82) is 0 Å². The quantitative estimate of drug-likeness (QED) is 0.834. The van der Waals surface area contributed by atoms with Crippen molar-refractivity contribution in [3.8, 4) is 0 Å². The summed E-state index contributed by atoms with van der Waals surface area (Å²) >= 11 is 2.09. The third-order valence-electron chi connectivity index (χ3n) is 2.38. The van der Waals surface area contributed by atoms with E-state index in [1.807, 2.05) is 12.1 Å². The first-order valence-corrected chi connectivity index (χ1v) is 7.74. The Hall–Kier alpha value is -1.09. The second kappa shape index (κ2) is 4.88. The lowest BCUT2D eigenvalue weighted by atomic mass is 10.3. The monoisotopic (exact) mass is 377 g/mol. The van der Waals surface area contributed by atoms with Gasteiger partial charge in [0.15, 0.2) is 0 Å². The highest BCUT2D eigenvalue weighted by Gasteiger charge is 2.20. The van der Waals surface area contributed by atoms with Crippen molar-refractivity contribution in [3.05, 3.63) is 39.7 Å². The molecule has 5 nitrogen and oxygen atoms in total. The first-order valence-electron chi connectivity index (χ1n) is 5.18.